The van der Waals surface area contributed by atoms with Gasteiger partial charge in [-0.1, -0.05) is 93.1 Å². The average Bonchev–Trinajstić information content (AvgIpc) is 3.37. The van der Waals surface area contributed by atoms with Gasteiger partial charge in [-0.3, -0.25) is 19.3 Å². The molecule has 8 nitrogen and oxygen atoms in total. The molecule has 51 heavy (non-hydrogen) atoms. The maximum atomic E-state index is 14.2. The third kappa shape index (κ3) is 9.20. The molecular weight excluding hydrogens is 650 g/mol. The van der Waals surface area contributed by atoms with Gasteiger partial charge in [-0.05, 0) is 79.5 Å². The van der Waals surface area contributed by atoms with Crippen molar-refractivity contribution < 1.29 is 28.0 Å². The fraction of sp³-hybridized carbons (Fsp3) is 0.463. The first-order valence-electron chi connectivity index (χ1n) is 18.5. The highest BCUT2D eigenvalue weighted by atomic mass is 19.1. The van der Waals surface area contributed by atoms with E-state index in [0.717, 1.165) is 85.8 Å². The van der Waals surface area contributed by atoms with E-state index in [1.807, 2.05) is 30.3 Å². The minimum atomic E-state index is -0.909. The first-order valence-corrected chi connectivity index (χ1v) is 18.5. The van der Waals surface area contributed by atoms with Crippen molar-refractivity contribution >= 4 is 23.8 Å². The van der Waals surface area contributed by atoms with Crippen LogP contribution in [0.4, 0.5) is 13.6 Å². The van der Waals surface area contributed by atoms with Crippen LogP contribution >= 0.6 is 0 Å². The van der Waals surface area contributed by atoms with Crippen LogP contribution in [0.5, 0.6) is 0 Å². The van der Waals surface area contributed by atoms with Crippen molar-refractivity contribution in [3.05, 3.63) is 107 Å². The number of urea groups is 1. The Morgan fingerprint density at radius 2 is 1.08 bits per heavy atom. The summed E-state index contributed by atoms with van der Waals surface area (Å²) in [5.74, 6) is -1.82. The lowest BCUT2D eigenvalue weighted by Gasteiger charge is -2.36. The SMILES string of the molecule is O=C1[C@@H](CCc2ccccc2)N(CC(=O)N(Cc2ccc(F)cc2)C2CCCCC2)C(=O)N1CC(=O)N(Cc1ccc(F)cc1)C1CCCCC1. The Balaban J connectivity index is 1.24. The molecular formula is C41H48F2N4O4. The molecule has 0 unspecified atom stereocenters. The summed E-state index contributed by atoms with van der Waals surface area (Å²) in [4.78, 5) is 62.6. The summed E-state index contributed by atoms with van der Waals surface area (Å²) in [6.07, 6.45) is 10.2. The molecule has 0 bridgehead atoms. The number of halogens is 2. The molecule has 3 aromatic rings. The highest BCUT2D eigenvalue weighted by Gasteiger charge is 2.47. The summed E-state index contributed by atoms with van der Waals surface area (Å²) < 4.78 is 27.4. The van der Waals surface area contributed by atoms with Crippen LogP contribution in [0.25, 0.3) is 0 Å². The van der Waals surface area contributed by atoms with Crippen LogP contribution in [0.2, 0.25) is 0 Å². The van der Waals surface area contributed by atoms with Crippen molar-refractivity contribution in [2.75, 3.05) is 13.1 Å². The third-order valence-electron chi connectivity index (χ3n) is 10.8. The zero-order valence-corrected chi connectivity index (χ0v) is 29.2. The Bertz CT molecular complexity index is 1640. The number of amides is 5. The van der Waals surface area contributed by atoms with E-state index in [9.17, 15) is 28.0 Å². The van der Waals surface area contributed by atoms with E-state index in [1.54, 1.807) is 34.1 Å². The van der Waals surface area contributed by atoms with Crippen LogP contribution in [0, 0.1) is 11.6 Å². The molecule has 0 N–H and O–H groups in total. The summed E-state index contributed by atoms with van der Waals surface area (Å²) in [6, 6.07) is 20.2. The van der Waals surface area contributed by atoms with Crippen molar-refractivity contribution in [3.63, 3.8) is 0 Å². The molecule has 1 aliphatic heterocycles. The Labute approximate surface area is 299 Å². The quantitative estimate of drug-likeness (QED) is 0.176. The van der Waals surface area contributed by atoms with E-state index in [4.69, 9.17) is 0 Å². The highest BCUT2D eigenvalue weighted by molar-refractivity contribution is 6.07. The molecule has 10 heteroatoms. The predicted octanol–water partition coefficient (Wildman–Crippen LogP) is 7.25. The fourth-order valence-corrected chi connectivity index (χ4v) is 7.91. The third-order valence-corrected chi connectivity index (χ3v) is 10.8. The summed E-state index contributed by atoms with van der Waals surface area (Å²) in [5.41, 5.74) is 2.56. The number of imide groups is 1. The van der Waals surface area contributed by atoms with Gasteiger partial charge in [0.1, 0.15) is 30.8 Å². The van der Waals surface area contributed by atoms with Gasteiger partial charge >= 0.3 is 6.03 Å². The zero-order chi connectivity index (χ0) is 35.7. The van der Waals surface area contributed by atoms with Crippen LogP contribution in [0.1, 0.15) is 87.3 Å². The van der Waals surface area contributed by atoms with E-state index >= 15 is 0 Å². The van der Waals surface area contributed by atoms with Gasteiger partial charge < -0.3 is 14.7 Å². The van der Waals surface area contributed by atoms with E-state index in [1.165, 1.54) is 29.2 Å². The molecule has 3 aromatic carbocycles. The monoisotopic (exact) mass is 698 g/mol. The molecule has 2 saturated carbocycles. The van der Waals surface area contributed by atoms with E-state index in [0.29, 0.717) is 12.8 Å². The maximum Gasteiger partial charge on any atom is 0.328 e. The van der Waals surface area contributed by atoms with Gasteiger partial charge in [0.2, 0.25) is 11.8 Å². The van der Waals surface area contributed by atoms with Gasteiger partial charge in [-0.25, -0.2) is 13.6 Å². The fourth-order valence-electron chi connectivity index (χ4n) is 7.91. The van der Waals surface area contributed by atoms with Gasteiger partial charge in [0, 0.05) is 25.2 Å². The lowest BCUT2D eigenvalue weighted by Crippen LogP contribution is -2.49. The highest BCUT2D eigenvalue weighted by Crippen LogP contribution is 2.29. The molecule has 5 amide bonds. The number of hydrogen-bond donors (Lipinski definition) is 0. The molecule has 0 aromatic heterocycles. The summed E-state index contributed by atoms with van der Waals surface area (Å²) in [5, 5.41) is 0. The van der Waals surface area contributed by atoms with Crippen LogP contribution in [0.3, 0.4) is 0 Å². The Kier molecular flexibility index (Phi) is 12.1. The number of carbonyl (C=O) groups excluding carboxylic acids is 4. The van der Waals surface area contributed by atoms with Crippen molar-refractivity contribution in [3.8, 4) is 0 Å². The lowest BCUT2D eigenvalue weighted by molar-refractivity contribution is -0.140. The van der Waals surface area contributed by atoms with Crippen molar-refractivity contribution in [1.29, 1.82) is 0 Å². The smallest absolute Gasteiger partial charge is 0.328 e. The molecule has 1 heterocycles. The number of nitrogens with zero attached hydrogens (tertiary/aromatic N) is 4. The summed E-state index contributed by atoms with van der Waals surface area (Å²) in [6.45, 7) is -0.201. The molecule has 3 aliphatic rings. The molecule has 1 saturated heterocycles. The number of rotatable bonds is 13. The molecule has 0 spiro atoms. The van der Waals surface area contributed by atoms with E-state index < -0.39 is 24.5 Å². The molecule has 2 aliphatic carbocycles. The zero-order valence-electron chi connectivity index (χ0n) is 29.2. The van der Waals surface area contributed by atoms with Gasteiger partial charge in [0.25, 0.3) is 5.91 Å². The van der Waals surface area contributed by atoms with E-state index in [-0.39, 0.29) is 55.2 Å². The van der Waals surface area contributed by atoms with Crippen molar-refractivity contribution in [1.82, 2.24) is 19.6 Å². The van der Waals surface area contributed by atoms with Crippen LogP contribution < -0.4 is 0 Å². The summed E-state index contributed by atoms with van der Waals surface area (Å²) in [7, 11) is 0. The normalized spacial score (nSPS) is 18.7. The van der Waals surface area contributed by atoms with Crippen LogP contribution in [-0.2, 0) is 33.9 Å². The first kappa shape index (κ1) is 36.2. The average molecular weight is 699 g/mol. The topological polar surface area (TPSA) is 81.2 Å². The first-order chi connectivity index (χ1) is 24.8. The lowest BCUT2D eigenvalue weighted by atomic mass is 9.93. The van der Waals surface area contributed by atoms with Gasteiger partial charge in [0.05, 0.1) is 0 Å². The molecule has 1 atom stereocenters. The number of benzene rings is 3. The summed E-state index contributed by atoms with van der Waals surface area (Å²) >= 11 is 0. The van der Waals surface area contributed by atoms with Crippen molar-refractivity contribution in [2.24, 2.45) is 0 Å². The second-order valence-corrected chi connectivity index (χ2v) is 14.3. The molecule has 3 fully saturated rings. The van der Waals surface area contributed by atoms with Crippen LogP contribution in [-0.4, -0.2) is 74.6 Å². The van der Waals surface area contributed by atoms with Gasteiger partial charge in [-0.2, -0.15) is 0 Å². The largest absolute Gasteiger partial charge is 0.334 e. The Morgan fingerprint density at radius 3 is 1.57 bits per heavy atom. The van der Waals surface area contributed by atoms with E-state index in [2.05, 4.69) is 0 Å². The number of aryl methyl sites for hydroxylation is 1. The van der Waals surface area contributed by atoms with Gasteiger partial charge in [0.15, 0.2) is 0 Å². The van der Waals surface area contributed by atoms with Crippen LogP contribution in [0.15, 0.2) is 78.9 Å². The predicted molar refractivity (Wildman–Crippen MR) is 190 cm³/mol. The minimum absolute atomic E-state index is 0.0272. The molecule has 0 radical (unpaired) electrons. The Hall–Kier alpha value is -4.60. The maximum absolute atomic E-state index is 14.2. The van der Waals surface area contributed by atoms with Crippen molar-refractivity contribution in [2.45, 2.75) is 108 Å². The minimum Gasteiger partial charge on any atom is -0.334 e. The standard InChI is InChI=1S/C41H48F2N4O4/c42-33-21-16-31(17-22-33)26-44(35-12-6-2-7-13-35)38(48)28-46-37(25-20-30-10-4-1-5-11-30)40(50)47(41(46)51)29-39(49)45(36-14-8-3-9-15-36)27-32-18-23-34(43)24-19-32/h1,4-5,10-11,16-19,21-24,35-37H,2-3,6-9,12-15,20,25-29H2/t37-/m1/s1. The second-order valence-electron chi connectivity index (χ2n) is 14.3. The number of carbonyl (C=O) groups is 4. The van der Waals surface area contributed by atoms with Gasteiger partial charge in [-0.15, -0.1) is 0 Å². The molecule has 270 valence electrons. The second kappa shape index (κ2) is 17.1. The molecule has 6 rings (SSSR count). The Morgan fingerprint density at radius 1 is 0.608 bits per heavy atom. The number of hydrogen-bond acceptors (Lipinski definition) is 4.